The lowest BCUT2D eigenvalue weighted by Crippen LogP contribution is -2.57. The Balaban J connectivity index is 1.48. The molecule has 0 unspecified atom stereocenters. The van der Waals surface area contributed by atoms with Crippen LogP contribution >= 0.6 is 0 Å². The van der Waals surface area contributed by atoms with E-state index in [-0.39, 0.29) is 17.6 Å². The zero-order valence-electron chi connectivity index (χ0n) is 14.7. The molecular formula is C20H23N3O3. The molecular weight excluding hydrogens is 330 g/mol. The molecule has 6 heteroatoms. The number of benzene rings is 1. The number of likely N-dealkylation sites (tertiary alicyclic amines) is 1. The van der Waals surface area contributed by atoms with Gasteiger partial charge in [0, 0.05) is 25.5 Å². The minimum absolute atomic E-state index is 0.0493. The zero-order valence-corrected chi connectivity index (χ0v) is 14.7. The van der Waals surface area contributed by atoms with Gasteiger partial charge in [-0.2, -0.15) is 0 Å². The number of piperidine rings is 1. The summed E-state index contributed by atoms with van der Waals surface area (Å²) in [6, 6.07) is 10.1. The van der Waals surface area contributed by atoms with Gasteiger partial charge < -0.3 is 14.4 Å². The summed E-state index contributed by atoms with van der Waals surface area (Å²) in [5.41, 5.74) is 1.37. The van der Waals surface area contributed by atoms with Crippen LogP contribution in [0.3, 0.4) is 0 Å². The molecule has 1 aromatic carbocycles. The molecule has 4 rings (SSSR count). The molecule has 136 valence electrons. The van der Waals surface area contributed by atoms with E-state index in [1.54, 1.807) is 12.4 Å². The van der Waals surface area contributed by atoms with Crippen molar-refractivity contribution in [3.05, 3.63) is 60.2 Å². The van der Waals surface area contributed by atoms with Crippen LogP contribution in [0.2, 0.25) is 0 Å². The molecule has 1 aromatic heterocycles. The monoisotopic (exact) mass is 353 g/mol. The summed E-state index contributed by atoms with van der Waals surface area (Å²) in [4.78, 5) is 22.5. The Morgan fingerprint density at radius 3 is 2.77 bits per heavy atom. The molecule has 2 saturated heterocycles. The van der Waals surface area contributed by atoms with Crippen LogP contribution in [0.25, 0.3) is 0 Å². The minimum Gasteiger partial charge on any atom is -0.372 e. The summed E-state index contributed by atoms with van der Waals surface area (Å²) in [7, 11) is 0. The van der Waals surface area contributed by atoms with E-state index in [2.05, 4.69) is 22.1 Å². The highest BCUT2D eigenvalue weighted by molar-refractivity contribution is 5.93. The van der Waals surface area contributed by atoms with Crippen LogP contribution < -0.4 is 0 Å². The van der Waals surface area contributed by atoms with E-state index in [1.165, 1.54) is 6.33 Å². The Labute approximate surface area is 153 Å². The van der Waals surface area contributed by atoms with Gasteiger partial charge in [-0.1, -0.05) is 30.3 Å². The predicted octanol–water partition coefficient (Wildman–Crippen LogP) is 2.46. The molecule has 2 atom stereocenters. The number of carbonyl (C=O) groups excluding carboxylic acids is 1. The Morgan fingerprint density at radius 1 is 1.23 bits per heavy atom. The maximum atomic E-state index is 12.8. The van der Waals surface area contributed by atoms with E-state index in [0.717, 1.165) is 31.4 Å². The molecule has 0 N–H and O–H groups in total. The standard InChI is InChI=1S/C20H23N3O3/c24-19(17-11-21-15-22-12-17)23-9-8-20(7-4-10-26-20)18(13-23)25-14-16-5-2-1-3-6-16/h1-3,5-6,11-12,15,18H,4,7-10,13-14H2/t18-,20-/m0/s1. The molecule has 6 nitrogen and oxygen atoms in total. The Hall–Kier alpha value is -2.31. The first-order valence-electron chi connectivity index (χ1n) is 9.11. The highest BCUT2D eigenvalue weighted by Gasteiger charge is 2.48. The van der Waals surface area contributed by atoms with Crippen molar-refractivity contribution in [3.63, 3.8) is 0 Å². The maximum Gasteiger partial charge on any atom is 0.257 e. The molecule has 0 aliphatic carbocycles. The van der Waals surface area contributed by atoms with E-state index < -0.39 is 0 Å². The van der Waals surface area contributed by atoms with Gasteiger partial charge in [0.2, 0.25) is 0 Å². The highest BCUT2D eigenvalue weighted by atomic mass is 16.6. The third-order valence-electron chi connectivity index (χ3n) is 5.30. The van der Waals surface area contributed by atoms with Gasteiger partial charge in [-0.15, -0.1) is 0 Å². The van der Waals surface area contributed by atoms with E-state index in [9.17, 15) is 4.79 Å². The van der Waals surface area contributed by atoms with E-state index in [0.29, 0.717) is 25.3 Å². The lowest BCUT2D eigenvalue weighted by molar-refractivity contribution is -0.153. The minimum atomic E-state index is -0.265. The SMILES string of the molecule is O=C(c1cncnc1)N1CC[C@@]2(CCCO2)[C@@H](OCc2ccccc2)C1. The number of rotatable bonds is 4. The molecule has 3 heterocycles. The Kier molecular flexibility index (Phi) is 4.95. The van der Waals surface area contributed by atoms with E-state index >= 15 is 0 Å². The first-order valence-corrected chi connectivity index (χ1v) is 9.11. The first kappa shape index (κ1) is 17.1. The number of nitrogens with zero attached hydrogens (tertiary/aromatic N) is 3. The van der Waals surface area contributed by atoms with Crippen molar-refractivity contribution in [1.82, 2.24) is 14.9 Å². The van der Waals surface area contributed by atoms with Gasteiger partial charge in [0.1, 0.15) is 12.4 Å². The summed E-state index contributed by atoms with van der Waals surface area (Å²) in [6.07, 6.45) is 7.25. The van der Waals surface area contributed by atoms with Gasteiger partial charge in [0.15, 0.2) is 0 Å². The van der Waals surface area contributed by atoms with Crippen molar-refractivity contribution in [2.75, 3.05) is 19.7 Å². The first-order chi connectivity index (χ1) is 12.8. The van der Waals surface area contributed by atoms with Crippen molar-refractivity contribution in [1.29, 1.82) is 0 Å². The third kappa shape index (κ3) is 3.48. The number of carbonyl (C=O) groups is 1. The fourth-order valence-corrected chi connectivity index (χ4v) is 3.87. The zero-order chi connectivity index (χ0) is 17.8. The molecule has 1 spiro atoms. The van der Waals surface area contributed by atoms with Gasteiger partial charge in [0.25, 0.3) is 5.91 Å². The molecule has 2 aliphatic heterocycles. The molecule has 2 aliphatic rings. The molecule has 26 heavy (non-hydrogen) atoms. The molecule has 0 radical (unpaired) electrons. The van der Waals surface area contributed by atoms with Gasteiger partial charge in [-0.3, -0.25) is 4.79 Å². The lowest BCUT2D eigenvalue weighted by Gasteiger charge is -2.44. The third-order valence-corrected chi connectivity index (χ3v) is 5.30. The van der Waals surface area contributed by atoms with Crippen LogP contribution in [0.15, 0.2) is 49.1 Å². The number of ether oxygens (including phenoxy) is 2. The van der Waals surface area contributed by atoms with Crippen molar-refractivity contribution in [2.24, 2.45) is 0 Å². The predicted molar refractivity (Wildman–Crippen MR) is 95.5 cm³/mol. The summed E-state index contributed by atoms with van der Waals surface area (Å²) in [5, 5.41) is 0. The van der Waals surface area contributed by atoms with Crippen molar-refractivity contribution in [3.8, 4) is 0 Å². The van der Waals surface area contributed by atoms with Crippen LogP contribution in [0.4, 0.5) is 0 Å². The van der Waals surface area contributed by atoms with Gasteiger partial charge in [-0.05, 0) is 24.8 Å². The normalized spacial score (nSPS) is 25.5. The summed E-state index contributed by atoms with van der Waals surface area (Å²) < 4.78 is 12.4. The molecule has 0 saturated carbocycles. The van der Waals surface area contributed by atoms with Gasteiger partial charge >= 0.3 is 0 Å². The number of hydrogen-bond acceptors (Lipinski definition) is 5. The molecule has 2 fully saturated rings. The average Bonchev–Trinajstić information content (AvgIpc) is 3.17. The fraction of sp³-hybridized carbons (Fsp3) is 0.450. The molecule has 0 bridgehead atoms. The molecule has 2 aromatic rings. The van der Waals surface area contributed by atoms with Crippen molar-refractivity contribution >= 4 is 5.91 Å². The van der Waals surface area contributed by atoms with E-state index in [4.69, 9.17) is 9.47 Å². The van der Waals surface area contributed by atoms with Crippen LogP contribution in [-0.2, 0) is 16.1 Å². The number of amides is 1. The smallest absolute Gasteiger partial charge is 0.257 e. The van der Waals surface area contributed by atoms with Crippen LogP contribution in [0.1, 0.15) is 35.2 Å². The van der Waals surface area contributed by atoms with Gasteiger partial charge in [0.05, 0.1) is 24.3 Å². The quantitative estimate of drug-likeness (QED) is 0.845. The lowest BCUT2D eigenvalue weighted by atomic mass is 9.85. The largest absolute Gasteiger partial charge is 0.372 e. The van der Waals surface area contributed by atoms with Crippen molar-refractivity contribution in [2.45, 2.75) is 37.6 Å². The fourth-order valence-electron chi connectivity index (χ4n) is 3.87. The second-order valence-electron chi connectivity index (χ2n) is 6.93. The van der Waals surface area contributed by atoms with Crippen LogP contribution in [-0.4, -0.2) is 52.2 Å². The highest BCUT2D eigenvalue weighted by Crippen LogP contribution is 2.38. The second kappa shape index (κ2) is 7.51. The topological polar surface area (TPSA) is 64.6 Å². The van der Waals surface area contributed by atoms with E-state index in [1.807, 2.05) is 23.1 Å². The summed E-state index contributed by atoms with van der Waals surface area (Å²) in [6.45, 7) is 2.48. The Bertz CT molecular complexity index is 732. The summed E-state index contributed by atoms with van der Waals surface area (Å²) in [5.74, 6) is -0.0493. The average molecular weight is 353 g/mol. The van der Waals surface area contributed by atoms with Crippen LogP contribution in [0, 0.1) is 0 Å². The number of hydrogen-bond donors (Lipinski definition) is 0. The maximum absolute atomic E-state index is 12.8. The van der Waals surface area contributed by atoms with Crippen molar-refractivity contribution < 1.29 is 14.3 Å². The second-order valence-corrected chi connectivity index (χ2v) is 6.93. The number of aromatic nitrogens is 2. The molecule has 1 amide bonds. The van der Waals surface area contributed by atoms with Crippen LogP contribution in [0.5, 0.6) is 0 Å². The Morgan fingerprint density at radius 2 is 2.04 bits per heavy atom. The summed E-state index contributed by atoms with van der Waals surface area (Å²) >= 11 is 0. The van der Waals surface area contributed by atoms with Gasteiger partial charge in [-0.25, -0.2) is 9.97 Å².